The highest BCUT2D eigenvalue weighted by atomic mass is 32.2. The Morgan fingerprint density at radius 2 is 1.71 bits per heavy atom. The number of nitrogens with zero attached hydrogens (tertiary/aromatic N) is 6. The first-order valence-corrected chi connectivity index (χ1v) is 11.9. The van der Waals surface area contributed by atoms with Gasteiger partial charge in [0.1, 0.15) is 0 Å². The van der Waals surface area contributed by atoms with Crippen LogP contribution in [0, 0.1) is 5.92 Å². The minimum atomic E-state index is -3.33. The fraction of sp³-hybridized carbons (Fsp3) is 0.789. The van der Waals surface area contributed by atoms with Gasteiger partial charge in [0.25, 0.3) is 10.2 Å². The van der Waals surface area contributed by atoms with Crippen molar-refractivity contribution in [2.24, 2.45) is 5.92 Å². The Labute approximate surface area is 169 Å². The van der Waals surface area contributed by atoms with E-state index >= 15 is 0 Å². The van der Waals surface area contributed by atoms with Gasteiger partial charge < -0.3 is 4.90 Å². The summed E-state index contributed by atoms with van der Waals surface area (Å²) < 4.78 is 28.4. The maximum Gasteiger partial charge on any atom is 0.282 e. The van der Waals surface area contributed by atoms with Crippen LogP contribution in [0.5, 0.6) is 0 Å². The number of hydrogen-bond acceptors (Lipinski definition) is 6. The van der Waals surface area contributed by atoms with E-state index in [1.54, 1.807) is 4.31 Å². The molecule has 3 rings (SSSR count). The van der Waals surface area contributed by atoms with Crippen molar-refractivity contribution in [1.29, 1.82) is 0 Å². The molecule has 3 heterocycles. The van der Waals surface area contributed by atoms with E-state index in [2.05, 4.69) is 26.7 Å². The van der Waals surface area contributed by atoms with Crippen LogP contribution in [0.4, 0.5) is 5.95 Å². The highest BCUT2D eigenvalue weighted by molar-refractivity contribution is 7.86. The molecule has 2 fully saturated rings. The van der Waals surface area contributed by atoms with E-state index in [1.807, 2.05) is 26.2 Å². The Balaban J connectivity index is 1.52. The molecule has 158 valence electrons. The van der Waals surface area contributed by atoms with Gasteiger partial charge in [-0.3, -0.25) is 4.90 Å². The Hall–Kier alpha value is -1.29. The van der Waals surface area contributed by atoms with Gasteiger partial charge >= 0.3 is 0 Å². The van der Waals surface area contributed by atoms with Crippen LogP contribution in [0.25, 0.3) is 0 Å². The summed E-state index contributed by atoms with van der Waals surface area (Å²) in [5.41, 5.74) is 1.08. The van der Waals surface area contributed by atoms with Crippen LogP contribution in [-0.4, -0.2) is 84.3 Å². The standard InChI is InChI=1S/C19H34N6O2S/c1-4-24(5-2)28(26,27)25-11-9-22(10-12-25)16-18-13-20-19(21-14-18)23-8-6-7-17(3)15-23/h13-14,17H,4-12,15-16H2,1-3H3. The lowest BCUT2D eigenvalue weighted by Gasteiger charge is -2.36. The van der Waals surface area contributed by atoms with E-state index in [0.717, 1.165) is 44.2 Å². The fourth-order valence-corrected chi connectivity index (χ4v) is 5.66. The highest BCUT2D eigenvalue weighted by Gasteiger charge is 2.30. The largest absolute Gasteiger partial charge is 0.341 e. The molecule has 0 spiro atoms. The third kappa shape index (κ3) is 5.00. The first-order valence-electron chi connectivity index (χ1n) is 10.5. The van der Waals surface area contributed by atoms with Crippen LogP contribution in [0.15, 0.2) is 12.4 Å². The predicted molar refractivity (Wildman–Crippen MR) is 111 cm³/mol. The molecule has 1 aromatic heterocycles. The summed E-state index contributed by atoms with van der Waals surface area (Å²) >= 11 is 0. The van der Waals surface area contributed by atoms with Gasteiger partial charge in [-0.1, -0.05) is 20.8 Å². The van der Waals surface area contributed by atoms with Crippen LogP contribution in [0.3, 0.4) is 0 Å². The smallest absolute Gasteiger partial charge is 0.282 e. The molecule has 1 unspecified atom stereocenters. The minimum absolute atomic E-state index is 0.512. The molecule has 8 nitrogen and oxygen atoms in total. The molecule has 0 bridgehead atoms. The molecule has 0 aromatic carbocycles. The Morgan fingerprint density at radius 3 is 2.29 bits per heavy atom. The molecule has 0 saturated carbocycles. The van der Waals surface area contributed by atoms with E-state index in [9.17, 15) is 8.42 Å². The lowest BCUT2D eigenvalue weighted by molar-refractivity contribution is 0.175. The minimum Gasteiger partial charge on any atom is -0.341 e. The third-order valence-electron chi connectivity index (χ3n) is 5.73. The van der Waals surface area contributed by atoms with Crippen LogP contribution >= 0.6 is 0 Å². The second kappa shape index (κ2) is 9.47. The van der Waals surface area contributed by atoms with E-state index in [1.165, 1.54) is 17.1 Å². The monoisotopic (exact) mass is 410 g/mol. The Morgan fingerprint density at radius 1 is 1.07 bits per heavy atom. The number of piperidine rings is 1. The summed E-state index contributed by atoms with van der Waals surface area (Å²) in [5, 5.41) is 0. The molecule has 0 radical (unpaired) electrons. The number of aromatic nitrogens is 2. The lowest BCUT2D eigenvalue weighted by atomic mass is 10.0. The molecule has 1 atom stereocenters. The van der Waals surface area contributed by atoms with Crippen molar-refractivity contribution in [3.8, 4) is 0 Å². The van der Waals surface area contributed by atoms with E-state index in [-0.39, 0.29) is 0 Å². The summed E-state index contributed by atoms with van der Waals surface area (Å²) in [6.07, 6.45) is 6.32. The molecular formula is C19H34N6O2S. The quantitative estimate of drug-likeness (QED) is 0.677. The fourth-order valence-electron chi connectivity index (χ4n) is 4.05. The summed E-state index contributed by atoms with van der Waals surface area (Å²) in [6, 6.07) is 0. The Kier molecular flexibility index (Phi) is 7.25. The maximum absolute atomic E-state index is 12.6. The second-order valence-electron chi connectivity index (χ2n) is 7.85. The first-order chi connectivity index (χ1) is 13.4. The van der Waals surface area contributed by atoms with Crippen LogP contribution < -0.4 is 4.90 Å². The van der Waals surface area contributed by atoms with Crippen LogP contribution in [0.2, 0.25) is 0 Å². The Bertz CT molecular complexity index is 714. The predicted octanol–water partition coefficient (Wildman–Crippen LogP) is 1.42. The zero-order valence-corrected chi connectivity index (χ0v) is 18.2. The van der Waals surface area contributed by atoms with Gasteiger partial charge in [0, 0.05) is 76.9 Å². The van der Waals surface area contributed by atoms with Gasteiger partial charge in [-0.25, -0.2) is 9.97 Å². The van der Waals surface area contributed by atoms with E-state index < -0.39 is 10.2 Å². The third-order valence-corrected chi connectivity index (χ3v) is 7.91. The molecular weight excluding hydrogens is 376 g/mol. The van der Waals surface area contributed by atoms with Crippen molar-refractivity contribution in [3.05, 3.63) is 18.0 Å². The van der Waals surface area contributed by atoms with Gasteiger partial charge in [-0.2, -0.15) is 17.0 Å². The van der Waals surface area contributed by atoms with Crippen molar-refractivity contribution < 1.29 is 8.42 Å². The van der Waals surface area contributed by atoms with Gasteiger partial charge in [0.05, 0.1) is 0 Å². The molecule has 9 heteroatoms. The summed E-state index contributed by atoms with van der Waals surface area (Å²) in [4.78, 5) is 13.7. The van der Waals surface area contributed by atoms with Gasteiger partial charge in [-0.05, 0) is 18.8 Å². The van der Waals surface area contributed by atoms with Crippen molar-refractivity contribution >= 4 is 16.2 Å². The molecule has 28 heavy (non-hydrogen) atoms. The number of rotatable bonds is 7. The molecule has 1 aromatic rings. The normalized spacial score (nSPS) is 22.7. The SMILES string of the molecule is CCN(CC)S(=O)(=O)N1CCN(Cc2cnc(N3CCCC(C)C3)nc2)CC1. The highest BCUT2D eigenvalue weighted by Crippen LogP contribution is 2.20. The number of hydrogen-bond donors (Lipinski definition) is 0. The number of anilines is 1. The molecule has 0 N–H and O–H groups in total. The van der Waals surface area contributed by atoms with Crippen molar-refractivity contribution in [3.63, 3.8) is 0 Å². The van der Waals surface area contributed by atoms with Crippen molar-refractivity contribution in [1.82, 2.24) is 23.5 Å². The second-order valence-corrected chi connectivity index (χ2v) is 9.78. The molecule has 2 aliphatic rings. The van der Waals surface area contributed by atoms with Crippen LogP contribution in [0.1, 0.15) is 39.2 Å². The average Bonchev–Trinajstić information content (AvgIpc) is 2.70. The van der Waals surface area contributed by atoms with E-state index in [4.69, 9.17) is 0 Å². The first kappa shape index (κ1) is 21.4. The van der Waals surface area contributed by atoms with Gasteiger partial charge in [0.2, 0.25) is 5.95 Å². The maximum atomic E-state index is 12.6. The summed E-state index contributed by atoms with van der Waals surface area (Å²) in [5.74, 6) is 1.52. The molecule has 0 amide bonds. The van der Waals surface area contributed by atoms with Gasteiger partial charge in [0.15, 0.2) is 0 Å². The lowest BCUT2D eigenvalue weighted by Crippen LogP contribution is -2.52. The zero-order chi connectivity index (χ0) is 20.1. The van der Waals surface area contributed by atoms with Gasteiger partial charge in [-0.15, -0.1) is 0 Å². The van der Waals surface area contributed by atoms with Crippen molar-refractivity contribution in [2.45, 2.75) is 40.2 Å². The number of piperazine rings is 1. The van der Waals surface area contributed by atoms with Crippen LogP contribution in [-0.2, 0) is 16.8 Å². The molecule has 0 aliphatic carbocycles. The molecule has 2 saturated heterocycles. The molecule has 2 aliphatic heterocycles. The average molecular weight is 411 g/mol. The summed E-state index contributed by atoms with van der Waals surface area (Å²) in [7, 11) is -3.33. The van der Waals surface area contributed by atoms with E-state index in [0.29, 0.717) is 32.1 Å². The topological polar surface area (TPSA) is 72.9 Å². The van der Waals surface area contributed by atoms with Crippen molar-refractivity contribution in [2.75, 3.05) is 57.3 Å². The zero-order valence-electron chi connectivity index (χ0n) is 17.4. The summed E-state index contributed by atoms with van der Waals surface area (Å²) in [6.45, 7) is 12.4.